The maximum absolute atomic E-state index is 10.3. The van der Waals surface area contributed by atoms with Crippen molar-refractivity contribution in [3.05, 3.63) is 10.6 Å². The summed E-state index contributed by atoms with van der Waals surface area (Å²) >= 11 is 1.64. The molecule has 0 radical (unpaired) electrons. The second-order valence-corrected chi connectivity index (χ2v) is 7.47. The van der Waals surface area contributed by atoms with Gasteiger partial charge in [-0.15, -0.1) is 0 Å². The first-order valence-electron chi connectivity index (χ1n) is 7.31. The fourth-order valence-electron chi connectivity index (χ4n) is 2.97. The van der Waals surface area contributed by atoms with Crippen molar-refractivity contribution in [2.24, 2.45) is 5.41 Å². The van der Waals surface area contributed by atoms with Crippen molar-refractivity contribution in [2.75, 3.05) is 25.2 Å². The second-order valence-electron chi connectivity index (χ2n) is 6.46. The predicted octanol–water partition coefficient (Wildman–Crippen LogP) is 3.01. The molecule has 1 heterocycles. The normalized spacial score (nSPS) is 22.4. The molecule has 4 nitrogen and oxygen atoms in total. The summed E-state index contributed by atoms with van der Waals surface area (Å²) in [5.41, 5.74) is 1.21. The summed E-state index contributed by atoms with van der Waals surface area (Å²) in [5, 5.41) is 11.3. The first-order valence-corrected chi connectivity index (χ1v) is 8.13. The van der Waals surface area contributed by atoms with Gasteiger partial charge in [0.15, 0.2) is 5.13 Å². The van der Waals surface area contributed by atoms with Crippen LogP contribution in [0.15, 0.2) is 0 Å². The molecular weight excluding hydrogens is 272 g/mol. The van der Waals surface area contributed by atoms with Gasteiger partial charge in [-0.25, -0.2) is 4.98 Å². The number of hydrogen-bond donors (Lipinski definition) is 1. The minimum Gasteiger partial charge on any atom is -0.387 e. The van der Waals surface area contributed by atoms with Gasteiger partial charge in [-0.2, -0.15) is 0 Å². The molecule has 114 valence electrons. The maximum Gasteiger partial charge on any atom is 0.186 e. The van der Waals surface area contributed by atoms with Crippen LogP contribution in [0.2, 0.25) is 0 Å². The van der Waals surface area contributed by atoms with Crippen LogP contribution in [0.1, 0.15) is 50.8 Å². The van der Waals surface area contributed by atoms with Crippen LogP contribution in [0.3, 0.4) is 0 Å². The third kappa shape index (κ3) is 3.15. The molecule has 0 bridgehead atoms. The molecule has 0 amide bonds. The number of rotatable bonds is 5. The van der Waals surface area contributed by atoms with E-state index >= 15 is 0 Å². The Bertz CT molecular complexity index is 459. The Morgan fingerprint density at radius 1 is 1.55 bits per heavy atom. The molecule has 1 aromatic heterocycles. The van der Waals surface area contributed by atoms with E-state index in [0.29, 0.717) is 12.6 Å². The van der Waals surface area contributed by atoms with Gasteiger partial charge in [0.05, 0.1) is 29.3 Å². The zero-order valence-corrected chi connectivity index (χ0v) is 14.0. The van der Waals surface area contributed by atoms with Gasteiger partial charge in [-0.3, -0.25) is 0 Å². The number of likely N-dealkylation sites (N-methyl/N-ethyl adjacent to an activating group) is 1. The fraction of sp³-hybridized carbons (Fsp3) is 0.800. The van der Waals surface area contributed by atoms with Gasteiger partial charge in [0, 0.05) is 13.7 Å². The van der Waals surface area contributed by atoms with Gasteiger partial charge in [0.2, 0.25) is 0 Å². The highest BCUT2D eigenvalue weighted by molar-refractivity contribution is 7.15. The minimum absolute atomic E-state index is 0.132. The summed E-state index contributed by atoms with van der Waals surface area (Å²) in [4.78, 5) is 8.11. The lowest BCUT2D eigenvalue weighted by Crippen LogP contribution is -2.36. The van der Waals surface area contributed by atoms with E-state index in [1.54, 1.807) is 18.4 Å². The van der Waals surface area contributed by atoms with Crippen LogP contribution >= 0.6 is 11.3 Å². The Labute approximate surface area is 125 Å². The predicted molar refractivity (Wildman–Crippen MR) is 83.5 cm³/mol. The largest absolute Gasteiger partial charge is 0.387 e. The highest BCUT2D eigenvalue weighted by atomic mass is 32.1. The SMILES string of the molecule is CCN(c1nc2c(s1)C(O)CC(C)(C)C2)C(C)COC. The first-order chi connectivity index (χ1) is 9.38. The van der Waals surface area contributed by atoms with Crippen LogP contribution in [0.4, 0.5) is 5.13 Å². The smallest absolute Gasteiger partial charge is 0.186 e. The van der Waals surface area contributed by atoms with E-state index in [2.05, 4.69) is 32.6 Å². The van der Waals surface area contributed by atoms with Crippen molar-refractivity contribution in [1.29, 1.82) is 0 Å². The van der Waals surface area contributed by atoms with Crippen LogP contribution < -0.4 is 4.90 Å². The summed E-state index contributed by atoms with van der Waals surface area (Å²) in [6, 6.07) is 0.294. The Hall–Kier alpha value is -0.650. The van der Waals surface area contributed by atoms with Crippen LogP contribution in [-0.2, 0) is 11.2 Å². The Morgan fingerprint density at radius 2 is 2.25 bits per heavy atom. The van der Waals surface area contributed by atoms with Gasteiger partial charge in [-0.05, 0) is 32.1 Å². The topological polar surface area (TPSA) is 45.6 Å². The molecule has 0 saturated heterocycles. The number of aliphatic hydroxyl groups excluding tert-OH is 1. The molecule has 20 heavy (non-hydrogen) atoms. The van der Waals surface area contributed by atoms with Crippen molar-refractivity contribution in [3.8, 4) is 0 Å². The highest BCUT2D eigenvalue weighted by Gasteiger charge is 2.35. The molecule has 2 rings (SSSR count). The lowest BCUT2D eigenvalue weighted by atomic mass is 9.77. The summed E-state index contributed by atoms with van der Waals surface area (Å²) < 4.78 is 5.25. The summed E-state index contributed by atoms with van der Waals surface area (Å²) in [5.74, 6) is 0. The molecule has 0 aromatic carbocycles. The number of methoxy groups -OCH3 is 1. The number of ether oxygens (including phenoxy) is 1. The van der Waals surface area contributed by atoms with Crippen LogP contribution in [0, 0.1) is 5.41 Å². The van der Waals surface area contributed by atoms with E-state index < -0.39 is 0 Å². The average Bonchev–Trinajstić information content (AvgIpc) is 2.72. The maximum atomic E-state index is 10.3. The molecule has 1 aromatic rings. The third-order valence-corrected chi connectivity index (χ3v) is 5.17. The summed E-state index contributed by atoms with van der Waals surface area (Å²) in [6.07, 6.45) is 1.41. The number of hydrogen-bond acceptors (Lipinski definition) is 5. The quantitative estimate of drug-likeness (QED) is 0.907. The van der Waals surface area contributed by atoms with Gasteiger partial charge in [-0.1, -0.05) is 25.2 Å². The first kappa shape index (κ1) is 15.7. The molecule has 1 N–H and O–H groups in total. The van der Waals surface area contributed by atoms with Crippen LogP contribution in [0.25, 0.3) is 0 Å². The number of aliphatic hydroxyl groups is 1. The van der Waals surface area contributed by atoms with Crippen molar-refractivity contribution in [3.63, 3.8) is 0 Å². The molecule has 2 unspecified atom stereocenters. The number of anilines is 1. The summed E-state index contributed by atoms with van der Waals surface area (Å²) in [6.45, 7) is 10.3. The van der Waals surface area contributed by atoms with Crippen LogP contribution in [-0.4, -0.2) is 36.4 Å². The van der Waals surface area contributed by atoms with Crippen molar-refractivity contribution in [1.82, 2.24) is 4.98 Å². The molecular formula is C15H26N2O2S. The molecule has 0 spiro atoms. The molecule has 0 fully saturated rings. The zero-order valence-electron chi connectivity index (χ0n) is 13.1. The van der Waals surface area contributed by atoms with E-state index in [4.69, 9.17) is 9.72 Å². The average molecular weight is 298 g/mol. The Morgan fingerprint density at radius 3 is 2.85 bits per heavy atom. The Balaban J connectivity index is 2.27. The molecule has 0 aliphatic heterocycles. The number of aromatic nitrogens is 1. The lowest BCUT2D eigenvalue weighted by Gasteiger charge is -2.31. The molecule has 1 aliphatic carbocycles. The van der Waals surface area contributed by atoms with Gasteiger partial charge in [0.25, 0.3) is 0 Å². The van der Waals surface area contributed by atoms with Gasteiger partial charge < -0.3 is 14.7 Å². The Kier molecular flexibility index (Phi) is 4.72. The van der Waals surface area contributed by atoms with Crippen LogP contribution in [0.5, 0.6) is 0 Å². The van der Waals surface area contributed by atoms with E-state index in [1.807, 2.05) is 0 Å². The van der Waals surface area contributed by atoms with Gasteiger partial charge in [0.1, 0.15) is 0 Å². The van der Waals surface area contributed by atoms with Gasteiger partial charge >= 0.3 is 0 Å². The van der Waals surface area contributed by atoms with E-state index in [-0.39, 0.29) is 11.5 Å². The lowest BCUT2D eigenvalue weighted by molar-refractivity contribution is 0.102. The van der Waals surface area contributed by atoms with Crippen molar-refractivity contribution < 1.29 is 9.84 Å². The number of thiazole rings is 1. The fourth-order valence-corrected chi connectivity index (χ4v) is 4.20. The van der Waals surface area contributed by atoms with E-state index in [0.717, 1.165) is 35.1 Å². The van der Waals surface area contributed by atoms with Crippen molar-refractivity contribution in [2.45, 2.75) is 52.7 Å². The molecule has 2 atom stereocenters. The van der Waals surface area contributed by atoms with Crippen molar-refractivity contribution >= 4 is 16.5 Å². The minimum atomic E-state index is -0.364. The second kappa shape index (κ2) is 6.00. The third-order valence-electron chi connectivity index (χ3n) is 3.94. The highest BCUT2D eigenvalue weighted by Crippen LogP contribution is 2.44. The monoisotopic (exact) mass is 298 g/mol. The molecule has 5 heteroatoms. The van der Waals surface area contributed by atoms with E-state index in [1.165, 1.54) is 0 Å². The molecule has 1 aliphatic rings. The summed E-state index contributed by atoms with van der Waals surface area (Å²) in [7, 11) is 1.73. The number of nitrogens with zero attached hydrogens (tertiary/aromatic N) is 2. The number of fused-ring (bicyclic) bond motifs is 1. The van der Waals surface area contributed by atoms with E-state index in [9.17, 15) is 5.11 Å². The zero-order chi connectivity index (χ0) is 14.9. The molecule has 0 saturated carbocycles. The standard InChI is InChI=1S/C15H26N2O2S/c1-6-17(10(2)9-19-5)14-16-11-7-15(3,4)8-12(18)13(11)20-14/h10,12,18H,6-9H2,1-5H3.